The molecule has 0 saturated heterocycles. The molecule has 8 aromatic carbocycles. The molecule has 58 heavy (non-hydrogen) atoms. The highest BCUT2D eigenvalue weighted by atomic mass is 16.3. The summed E-state index contributed by atoms with van der Waals surface area (Å²) in [5.41, 5.74) is 11.7. The Morgan fingerprint density at radius 1 is 0.293 bits per heavy atom. The Morgan fingerprint density at radius 2 is 0.810 bits per heavy atom. The van der Waals surface area contributed by atoms with E-state index in [1.165, 1.54) is 0 Å². The van der Waals surface area contributed by atoms with Crippen molar-refractivity contribution in [3.63, 3.8) is 0 Å². The van der Waals surface area contributed by atoms with Gasteiger partial charge >= 0.3 is 0 Å². The van der Waals surface area contributed by atoms with Crippen LogP contribution in [-0.2, 0) is 0 Å². The summed E-state index contributed by atoms with van der Waals surface area (Å²) >= 11 is 0. The van der Waals surface area contributed by atoms with Crippen molar-refractivity contribution in [1.29, 1.82) is 0 Å². The zero-order valence-corrected chi connectivity index (χ0v) is 30.9. The van der Waals surface area contributed by atoms with Crippen LogP contribution < -0.4 is 0 Å². The van der Waals surface area contributed by atoms with Crippen LogP contribution in [0.2, 0.25) is 0 Å². The Labute approximate surface area is 331 Å². The van der Waals surface area contributed by atoms with Gasteiger partial charge in [-0.2, -0.15) is 0 Å². The monoisotopic (exact) mass is 742 g/mol. The quantitative estimate of drug-likeness (QED) is 0.163. The van der Waals surface area contributed by atoms with Gasteiger partial charge in [-0.3, -0.25) is 0 Å². The minimum absolute atomic E-state index is 0.553. The summed E-state index contributed by atoms with van der Waals surface area (Å²) in [4.78, 5) is 20.4. The summed E-state index contributed by atoms with van der Waals surface area (Å²) in [7, 11) is 0. The number of pyridine rings is 1. The summed E-state index contributed by atoms with van der Waals surface area (Å²) < 4.78 is 13.2. The number of nitrogens with zero attached hydrogens (tertiary/aromatic N) is 4. The van der Waals surface area contributed by atoms with Crippen molar-refractivity contribution in [3.05, 3.63) is 182 Å². The third kappa shape index (κ3) is 5.27. The Morgan fingerprint density at radius 3 is 1.48 bits per heavy atom. The molecular formula is C52H30N4O2. The first-order chi connectivity index (χ1) is 28.7. The number of furan rings is 2. The number of benzene rings is 8. The molecule has 0 saturated carbocycles. The molecule has 6 nitrogen and oxygen atoms in total. The largest absolute Gasteiger partial charge is 0.455 e. The molecule has 0 radical (unpaired) electrons. The molecule has 0 amide bonds. The average Bonchev–Trinajstić information content (AvgIpc) is 3.87. The number of fused-ring (bicyclic) bond motifs is 8. The molecule has 4 heterocycles. The third-order valence-electron chi connectivity index (χ3n) is 11.1. The third-order valence-corrected chi connectivity index (χ3v) is 11.1. The van der Waals surface area contributed by atoms with Crippen molar-refractivity contribution in [3.8, 4) is 56.4 Å². The number of para-hydroxylation sites is 5. The lowest BCUT2D eigenvalue weighted by Crippen LogP contribution is -2.01. The highest BCUT2D eigenvalue weighted by Gasteiger charge is 2.20. The SMILES string of the molecule is c1ccc(-c2nc(-c3cc(-c4cccc5c4oc4ccccc45)cc(-c4cccc5c4oc4ccccc45)c3)nc(-c3ccc4nc5ccccc5cc4c3)n2)cc1. The maximum absolute atomic E-state index is 6.59. The van der Waals surface area contributed by atoms with Gasteiger partial charge in [0, 0.05) is 60.1 Å². The van der Waals surface area contributed by atoms with Crippen LogP contribution in [0.4, 0.5) is 0 Å². The molecular weight excluding hydrogens is 713 g/mol. The van der Waals surface area contributed by atoms with E-state index in [0.717, 1.165) is 105 Å². The first kappa shape index (κ1) is 32.3. The van der Waals surface area contributed by atoms with Gasteiger partial charge in [-0.1, -0.05) is 121 Å². The van der Waals surface area contributed by atoms with E-state index in [0.29, 0.717) is 17.5 Å². The van der Waals surface area contributed by atoms with Crippen LogP contribution in [0.25, 0.3) is 122 Å². The van der Waals surface area contributed by atoms with Crippen LogP contribution in [0.3, 0.4) is 0 Å². The smallest absolute Gasteiger partial charge is 0.164 e. The number of rotatable bonds is 5. The first-order valence-electron chi connectivity index (χ1n) is 19.3. The van der Waals surface area contributed by atoms with Crippen molar-refractivity contribution in [2.75, 3.05) is 0 Å². The topological polar surface area (TPSA) is 77.8 Å². The van der Waals surface area contributed by atoms with Gasteiger partial charge in [0.15, 0.2) is 17.5 Å². The van der Waals surface area contributed by atoms with Crippen LogP contribution in [0.1, 0.15) is 0 Å². The van der Waals surface area contributed by atoms with Gasteiger partial charge in [-0.05, 0) is 71.8 Å². The minimum atomic E-state index is 0.553. The van der Waals surface area contributed by atoms with Crippen molar-refractivity contribution in [1.82, 2.24) is 19.9 Å². The van der Waals surface area contributed by atoms with E-state index in [1.54, 1.807) is 0 Å². The standard InChI is InChI=1S/C52H30N4O2/c1-2-12-31(13-3-1)50-54-51(33-24-25-45-36(27-33)26-32-14-4-7-21-44(32)53-45)56-52(55-50)37-29-34(38-17-10-19-42-40-15-5-8-22-46(40)57-48(38)42)28-35(30-37)39-18-11-20-43-41-16-6-9-23-47(41)58-49(39)43/h1-30H. The van der Waals surface area contributed by atoms with E-state index in [9.17, 15) is 0 Å². The molecule has 0 spiro atoms. The summed E-state index contributed by atoms with van der Waals surface area (Å²) in [5, 5.41) is 6.38. The number of aromatic nitrogens is 4. The van der Waals surface area contributed by atoms with Crippen molar-refractivity contribution in [2.24, 2.45) is 0 Å². The summed E-state index contributed by atoms with van der Waals surface area (Å²) in [6.07, 6.45) is 0. The second kappa shape index (κ2) is 12.8. The van der Waals surface area contributed by atoms with Crippen LogP contribution in [0.15, 0.2) is 191 Å². The maximum Gasteiger partial charge on any atom is 0.164 e. The van der Waals surface area contributed by atoms with Gasteiger partial charge in [0.05, 0.1) is 11.0 Å². The van der Waals surface area contributed by atoms with Crippen LogP contribution >= 0.6 is 0 Å². The molecule has 0 aliphatic carbocycles. The molecule has 0 aliphatic rings. The molecule has 4 aromatic heterocycles. The van der Waals surface area contributed by atoms with Crippen molar-refractivity contribution < 1.29 is 8.83 Å². The van der Waals surface area contributed by atoms with Gasteiger partial charge < -0.3 is 8.83 Å². The van der Waals surface area contributed by atoms with E-state index in [-0.39, 0.29) is 0 Å². The van der Waals surface area contributed by atoms with Gasteiger partial charge in [0.25, 0.3) is 0 Å². The number of hydrogen-bond donors (Lipinski definition) is 0. The lowest BCUT2D eigenvalue weighted by molar-refractivity contribution is 0.670. The lowest BCUT2D eigenvalue weighted by Gasteiger charge is -2.13. The summed E-state index contributed by atoms with van der Waals surface area (Å²) in [6.45, 7) is 0. The molecule has 0 atom stereocenters. The minimum Gasteiger partial charge on any atom is -0.455 e. The maximum atomic E-state index is 6.59. The molecule has 0 N–H and O–H groups in total. The van der Waals surface area contributed by atoms with E-state index in [2.05, 4.69) is 84.9 Å². The summed E-state index contributed by atoms with van der Waals surface area (Å²) in [6, 6.07) is 62.2. The zero-order valence-electron chi connectivity index (χ0n) is 30.9. The summed E-state index contributed by atoms with van der Waals surface area (Å²) in [5.74, 6) is 1.71. The lowest BCUT2D eigenvalue weighted by atomic mass is 9.94. The molecule has 270 valence electrons. The van der Waals surface area contributed by atoms with Gasteiger partial charge in [-0.25, -0.2) is 19.9 Å². The highest BCUT2D eigenvalue weighted by Crippen LogP contribution is 2.42. The van der Waals surface area contributed by atoms with Crippen LogP contribution in [0, 0.1) is 0 Å². The average molecular weight is 743 g/mol. The molecule has 0 bridgehead atoms. The molecule has 0 unspecified atom stereocenters. The molecule has 12 rings (SSSR count). The van der Waals surface area contributed by atoms with E-state index in [1.807, 2.05) is 97.1 Å². The zero-order chi connectivity index (χ0) is 38.2. The fraction of sp³-hybridized carbons (Fsp3) is 0. The first-order valence-corrected chi connectivity index (χ1v) is 19.3. The Bertz CT molecular complexity index is 3450. The van der Waals surface area contributed by atoms with Crippen molar-refractivity contribution in [2.45, 2.75) is 0 Å². The van der Waals surface area contributed by atoms with E-state index < -0.39 is 0 Å². The van der Waals surface area contributed by atoms with Crippen LogP contribution in [0.5, 0.6) is 0 Å². The second-order valence-corrected chi connectivity index (χ2v) is 14.6. The molecule has 0 aliphatic heterocycles. The van der Waals surface area contributed by atoms with Gasteiger partial charge in [0.2, 0.25) is 0 Å². The van der Waals surface area contributed by atoms with Gasteiger partial charge in [-0.15, -0.1) is 0 Å². The van der Waals surface area contributed by atoms with Gasteiger partial charge in [0.1, 0.15) is 22.3 Å². The predicted octanol–water partition coefficient (Wildman–Crippen LogP) is 13.7. The second-order valence-electron chi connectivity index (χ2n) is 14.6. The van der Waals surface area contributed by atoms with E-state index >= 15 is 0 Å². The normalized spacial score (nSPS) is 11.8. The Kier molecular flexibility index (Phi) is 7.13. The fourth-order valence-electron chi connectivity index (χ4n) is 8.29. The predicted molar refractivity (Wildman–Crippen MR) is 234 cm³/mol. The van der Waals surface area contributed by atoms with E-state index in [4.69, 9.17) is 28.8 Å². The molecule has 12 aromatic rings. The number of hydrogen-bond acceptors (Lipinski definition) is 6. The molecule has 0 fully saturated rings. The highest BCUT2D eigenvalue weighted by molar-refractivity contribution is 6.11. The molecule has 6 heteroatoms. The van der Waals surface area contributed by atoms with Crippen molar-refractivity contribution >= 4 is 65.7 Å². The van der Waals surface area contributed by atoms with Crippen LogP contribution in [-0.4, -0.2) is 19.9 Å². The fourth-order valence-corrected chi connectivity index (χ4v) is 8.29. The Balaban J connectivity index is 1.11. The Hall–Kier alpha value is -7.96.